The Morgan fingerprint density at radius 3 is 2.38 bits per heavy atom. The molecule has 1 heterocycles. The molecule has 0 aromatic rings. The van der Waals surface area contributed by atoms with Crippen LogP contribution in [0, 0.1) is 0 Å². The van der Waals surface area contributed by atoms with Crippen LogP contribution in [0.2, 0.25) is 0 Å². The van der Waals surface area contributed by atoms with Crippen LogP contribution in [0.3, 0.4) is 0 Å². The predicted octanol–water partition coefficient (Wildman–Crippen LogP) is 0.0771. The highest BCUT2D eigenvalue weighted by Crippen LogP contribution is 2.30. The van der Waals surface area contributed by atoms with Crippen molar-refractivity contribution in [3.8, 4) is 0 Å². The second kappa shape index (κ2) is 2.25. The van der Waals surface area contributed by atoms with Crippen LogP contribution in [0.15, 0.2) is 0 Å². The zero-order chi connectivity index (χ0) is 6.04. The van der Waals surface area contributed by atoms with Crippen LogP contribution >= 0.6 is 11.8 Å². The van der Waals surface area contributed by atoms with Gasteiger partial charge in [-0.3, -0.25) is 0 Å². The van der Waals surface area contributed by atoms with E-state index in [2.05, 4.69) is 0 Å². The highest BCUT2D eigenvalue weighted by molar-refractivity contribution is 8.00. The molecular weight excluding hydrogens is 122 g/mol. The zero-order valence-electron chi connectivity index (χ0n) is 5.02. The van der Waals surface area contributed by atoms with Crippen molar-refractivity contribution in [1.29, 1.82) is 0 Å². The van der Waals surface area contributed by atoms with Gasteiger partial charge in [-0.2, -0.15) is 11.8 Å². The fourth-order valence-corrected chi connectivity index (χ4v) is 1.78. The lowest BCUT2D eigenvalue weighted by atomic mass is 10.1. The summed E-state index contributed by atoms with van der Waals surface area (Å²) in [6.07, 6.45) is 0. The number of nitrogens with two attached hydrogens (primary N) is 1. The van der Waals surface area contributed by atoms with Gasteiger partial charge in [-0.25, -0.2) is 0 Å². The van der Waals surface area contributed by atoms with E-state index in [4.69, 9.17) is 10.5 Å². The van der Waals surface area contributed by atoms with E-state index < -0.39 is 0 Å². The fourth-order valence-electron chi connectivity index (χ4n) is 0.649. The normalized spacial score (nSPS) is 24.8. The van der Waals surface area contributed by atoms with Crippen LogP contribution in [-0.2, 0) is 4.74 Å². The van der Waals surface area contributed by atoms with Gasteiger partial charge < -0.3 is 10.5 Å². The van der Waals surface area contributed by atoms with Gasteiger partial charge in [-0.05, 0) is 0 Å². The number of rotatable bonds is 2. The van der Waals surface area contributed by atoms with Gasteiger partial charge in [0.2, 0.25) is 0 Å². The maximum Gasteiger partial charge on any atom is 0.0979 e. The van der Waals surface area contributed by atoms with Gasteiger partial charge in [0.15, 0.2) is 0 Å². The van der Waals surface area contributed by atoms with Crippen molar-refractivity contribution in [2.75, 3.05) is 25.2 Å². The average molecular weight is 133 g/mol. The lowest BCUT2D eigenvalue weighted by Gasteiger charge is -2.38. The van der Waals surface area contributed by atoms with E-state index in [1.54, 1.807) is 7.11 Å². The Morgan fingerprint density at radius 1 is 1.75 bits per heavy atom. The van der Waals surface area contributed by atoms with E-state index in [1.807, 2.05) is 11.8 Å². The summed E-state index contributed by atoms with van der Waals surface area (Å²) < 4.78 is 5.18. The molecule has 2 nitrogen and oxygen atoms in total. The van der Waals surface area contributed by atoms with E-state index >= 15 is 0 Å². The Bertz CT molecular complexity index is 69.0. The quantitative estimate of drug-likeness (QED) is 0.579. The molecule has 1 aliphatic heterocycles. The van der Waals surface area contributed by atoms with Crippen LogP contribution < -0.4 is 5.73 Å². The van der Waals surface area contributed by atoms with E-state index in [0.717, 1.165) is 11.5 Å². The van der Waals surface area contributed by atoms with Crippen molar-refractivity contribution in [3.05, 3.63) is 0 Å². The summed E-state index contributed by atoms with van der Waals surface area (Å²) in [5.41, 5.74) is 5.49. The van der Waals surface area contributed by atoms with Crippen molar-refractivity contribution in [3.63, 3.8) is 0 Å². The number of hydrogen-bond acceptors (Lipinski definition) is 3. The Hall–Kier alpha value is 0.270. The number of hydrogen-bond donors (Lipinski definition) is 1. The zero-order valence-corrected chi connectivity index (χ0v) is 5.83. The lowest BCUT2D eigenvalue weighted by molar-refractivity contribution is 0.0295. The molecule has 0 atom stereocenters. The SMILES string of the molecule is COC1(CN)CSC1. The van der Waals surface area contributed by atoms with Crippen LogP contribution in [0.4, 0.5) is 0 Å². The van der Waals surface area contributed by atoms with E-state index in [-0.39, 0.29) is 5.60 Å². The van der Waals surface area contributed by atoms with Gasteiger partial charge in [-0.1, -0.05) is 0 Å². The number of thioether (sulfide) groups is 1. The summed E-state index contributed by atoms with van der Waals surface area (Å²) in [6, 6.07) is 0. The minimum absolute atomic E-state index is 0.0463. The molecule has 0 bridgehead atoms. The molecule has 48 valence electrons. The molecule has 0 radical (unpaired) electrons. The predicted molar refractivity (Wildman–Crippen MR) is 36.1 cm³/mol. The minimum atomic E-state index is 0.0463. The summed E-state index contributed by atoms with van der Waals surface area (Å²) >= 11 is 1.89. The molecule has 0 spiro atoms. The number of ether oxygens (including phenoxy) is 1. The Morgan fingerprint density at radius 2 is 2.38 bits per heavy atom. The monoisotopic (exact) mass is 133 g/mol. The molecule has 8 heavy (non-hydrogen) atoms. The molecular formula is C5H11NOS. The van der Waals surface area contributed by atoms with Crippen molar-refractivity contribution < 1.29 is 4.74 Å². The van der Waals surface area contributed by atoms with Crippen LogP contribution in [-0.4, -0.2) is 30.8 Å². The van der Waals surface area contributed by atoms with Crippen LogP contribution in [0.25, 0.3) is 0 Å². The highest BCUT2D eigenvalue weighted by Gasteiger charge is 2.36. The third kappa shape index (κ3) is 0.855. The largest absolute Gasteiger partial charge is 0.375 e. The summed E-state index contributed by atoms with van der Waals surface area (Å²) in [6.45, 7) is 0.663. The summed E-state index contributed by atoms with van der Waals surface area (Å²) in [5.74, 6) is 2.14. The molecule has 1 fully saturated rings. The van der Waals surface area contributed by atoms with E-state index in [0.29, 0.717) is 6.54 Å². The molecule has 3 heteroatoms. The molecule has 0 amide bonds. The fraction of sp³-hybridized carbons (Fsp3) is 1.00. The second-order valence-electron chi connectivity index (χ2n) is 2.08. The molecule has 0 aromatic heterocycles. The first-order valence-corrected chi connectivity index (χ1v) is 3.81. The van der Waals surface area contributed by atoms with Gasteiger partial charge in [0, 0.05) is 25.2 Å². The molecule has 0 aromatic carbocycles. The van der Waals surface area contributed by atoms with Crippen LogP contribution in [0.1, 0.15) is 0 Å². The van der Waals surface area contributed by atoms with Gasteiger partial charge >= 0.3 is 0 Å². The van der Waals surface area contributed by atoms with Crippen molar-refractivity contribution >= 4 is 11.8 Å². The highest BCUT2D eigenvalue weighted by atomic mass is 32.2. The molecule has 0 unspecified atom stereocenters. The van der Waals surface area contributed by atoms with E-state index in [1.165, 1.54) is 0 Å². The lowest BCUT2D eigenvalue weighted by Crippen LogP contribution is -2.51. The molecule has 1 aliphatic rings. The summed E-state index contributed by atoms with van der Waals surface area (Å²) in [7, 11) is 1.73. The van der Waals surface area contributed by atoms with Gasteiger partial charge in [0.05, 0.1) is 5.60 Å². The van der Waals surface area contributed by atoms with Crippen molar-refractivity contribution in [2.24, 2.45) is 5.73 Å². The topological polar surface area (TPSA) is 35.2 Å². The molecule has 1 saturated heterocycles. The minimum Gasteiger partial charge on any atom is -0.375 e. The third-order valence-electron chi connectivity index (χ3n) is 1.54. The molecule has 1 rings (SSSR count). The third-order valence-corrected chi connectivity index (χ3v) is 3.00. The average Bonchev–Trinajstić information content (AvgIpc) is 1.67. The maximum absolute atomic E-state index is 5.44. The van der Waals surface area contributed by atoms with Crippen molar-refractivity contribution in [1.82, 2.24) is 0 Å². The van der Waals surface area contributed by atoms with Crippen LogP contribution in [0.5, 0.6) is 0 Å². The molecule has 2 N–H and O–H groups in total. The Kier molecular flexibility index (Phi) is 1.80. The van der Waals surface area contributed by atoms with Gasteiger partial charge in [-0.15, -0.1) is 0 Å². The molecule has 0 aliphatic carbocycles. The van der Waals surface area contributed by atoms with Crippen molar-refractivity contribution in [2.45, 2.75) is 5.60 Å². The Balaban J connectivity index is 2.33. The summed E-state index contributed by atoms with van der Waals surface area (Å²) in [4.78, 5) is 0. The maximum atomic E-state index is 5.44. The standard InChI is InChI=1S/C5H11NOS/c1-7-5(2-6)3-8-4-5/h2-4,6H2,1H3. The van der Waals surface area contributed by atoms with Gasteiger partial charge in [0.1, 0.15) is 0 Å². The van der Waals surface area contributed by atoms with E-state index in [9.17, 15) is 0 Å². The smallest absolute Gasteiger partial charge is 0.0979 e. The Labute approximate surface area is 53.8 Å². The second-order valence-corrected chi connectivity index (χ2v) is 3.07. The first-order valence-electron chi connectivity index (χ1n) is 2.66. The summed E-state index contributed by atoms with van der Waals surface area (Å²) in [5, 5.41) is 0. The van der Waals surface area contributed by atoms with Gasteiger partial charge in [0.25, 0.3) is 0 Å². The first kappa shape index (κ1) is 6.39. The number of methoxy groups -OCH3 is 1. The first-order chi connectivity index (χ1) is 3.83. The molecule has 0 saturated carbocycles.